The molecule has 0 aromatic carbocycles. The summed E-state index contributed by atoms with van der Waals surface area (Å²) in [7, 11) is 0. The van der Waals surface area contributed by atoms with Gasteiger partial charge < -0.3 is 10.6 Å². The molecule has 0 bridgehead atoms. The molecule has 3 heterocycles. The number of nitrogens with one attached hydrogen (secondary N) is 2. The van der Waals surface area contributed by atoms with Gasteiger partial charge >= 0.3 is 0 Å². The second kappa shape index (κ2) is 8.26. The van der Waals surface area contributed by atoms with Crippen LogP contribution in [0.25, 0.3) is 21.9 Å². The predicted octanol–water partition coefficient (Wildman–Crippen LogP) is 3.93. The number of unbranched alkanes of at least 4 members (excludes halogenated alkanes) is 2. The number of aryl methyl sites for hydroxylation is 1. The van der Waals surface area contributed by atoms with Crippen LogP contribution in [-0.2, 0) is 0 Å². The van der Waals surface area contributed by atoms with Crippen molar-refractivity contribution >= 4 is 45.6 Å². The van der Waals surface area contributed by atoms with E-state index in [1.54, 1.807) is 17.5 Å². The van der Waals surface area contributed by atoms with Crippen LogP contribution in [0, 0.1) is 6.92 Å². The Morgan fingerprint density at radius 1 is 1.20 bits per heavy atom. The van der Waals surface area contributed by atoms with Crippen LogP contribution in [-0.4, -0.2) is 31.6 Å². The fraction of sp³-hybridized carbons (Fsp3) is 0.353. The van der Waals surface area contributed by atoms with E-state index in [1.165, 1.54) is 12.8 Å². The molecule has 0 amide bonds. The van der Waals surface area contributed by atoms with E-state index in [0.29, 0.717) is 16.6 Å². The Bertz CT molecular complexity index is 876. The first kappa shape index (κ1) is 17.6. The van der Waals surface area contributed by atoms with Gasteiger partial charge in [0, 0.05) is 17.6 Å². The van der Waals surface area contributed by atoms with E-state index >= 15 is 0 Å². The third-order valence-electron chi connectivity index (χ3n) is 3.55. The highest BCUT2D eigenvalue weighted by atomic mass is 32.1. The maximum Gasteiger partial charge on any atom is 0.180 e. The van der Waals surface area contributed by atoms with Gasteiger partial charge in [0.1, 0.15) is 22.0 Å². The number of anilines is 1. The minimum Gasteiger partial charge on any atom is -0.362 e. The van der Waals surface area contributed by atoms with Crippen molar-refractivity contribution in [2.75, 3.05) is 11.9 Å². The smallest absolute Gasteiger partial charge is 0.180 e. The van der Waals surface area contributed by atoms with Crippen molar-refractivity contribution in [3.63, 3.8) is 0 Å². The van der Waals surface area contributed by atoms with Crippen LogP contribution >= 0.6 is 23.6 Å². The largest absolute Gasteiger partial charge is 0.362 e. The number of thiocarbonyl (C=S) groups is 1. The van der Waals surface area contributed by atoms with Crippen molar-refractivity contribution in [3.8, 4) is 10.7 Å². The molecule has 3 rings (SSSR count). The van der Waals surface area contributed by atoms with Crippen LogP contribution in [0.3, 0.4) is 0 Å². The quantitative estimate of drug-likeness (QED) is 0.501. The molecular formula is C17H20N6S2. The molecule has 0 aliphatic carbocycles. The lowest BCUT2D eigenvalue weighted by Crippen LogP contribution is -2.29. The third kappa shape index (κ3) is 4.67. The van der Waals surface area contributed by atoms with Crippen LogP contribution in [0.15, 0.2) is 23.7 Å². The summed E-state index contributed by atoms with van der Waals surface area (Å²) in [5.41, 5.74) is 3.02. The Hall–Kier alpha value is -2.19. The maximum absolute atomic E-state index is 5.31. The van der Waals surface area contributed by atoms with Gasteiger partial charge in [0.05, 0.1) is 6.20 Å². The van der Waals surface area contributed by atoms with Crippen molar-refractivity contribution < 1.29 is 0 Å². The molecule has 0 atom stereocenters. The molecule has 6 nitrogen and oxygen atoms in total. The highest BCUT2D eigenvalue weighted by Gasteiger charge is 2.08. The van der Waals surface area contributed by atoms with Crippen molar-refractivity contribution in [3.05, 3.63) is 29.4 Å². The molecule has 2 N–H and O–H groups in total. The summed E-state index contributed by atoms with van der Waals surface area (Å²) in [6.45, 7) is 5.00. The van der Waals surface area contributed by atoms with Crippen LogP contribution < -0.4 is 10.6 Å². The van der Waals surface area contributed by atoms with Crippen molar-refractivity contribution in [2.45, 2.75) is 33.1 Å². The number of aromatic nitrogens is 4. The molecule has 0 aliphatic rings. The van der Waals surface area contributed by atoms with Crippen LogP contribution in [0.1, 0.15) is 31.9 Å². The van der Waals surface area contributed by atoms with Gasteiger partial charge in [-0.25, -0.2) is 15.0 Å². The monoisotopic (exact) mass is 372 g/mol. The predicted molar refractivity (Wildman–Crippen MR) is 107 cm³/mol. The number of pyridine rings is 1. The molecule has 130 valence electrons. The average molecular weight is 373 g/mol. The zero-order chi connectivity index (χ0) is 17.6. The van der Waals surface area contributed by atoms with E-state index in [9.17, 15) is 0 Å². The fourth-order valence-electron chi connectivity index (χ4n) is 2.28. The van der Waals surface area contributed by atoms with Gasteiger partial charge in [0.2, 0.25) is 0 Å². The van der Waals surface area contributed by atoms with Gasteiger partial charge in [0.25, 0.3) is 0 Å². The average Bonchev–Trinajstić information content (AvgIpc) is 3.04. The lowest BCUT2D eigenvalue weighted by atomic mass is 10.2. The molecule has 8 heteroatoms. The van der Waals surface area contributed by atoms with Crippen molar-refractivity contribution in [1.82, 2.24) is 25.3 Å². The SMILES string of the molecule is CCCCCNC(=S)Nc1ccc2ncc(-c3nc(C)cs3)nc2n1. The van der Waals surface area contributed by atoms with Gasteiger partial charge in [-0.3, -0.25) is 4.98 Å². The van der Waals surface area contributed by atoms with Crippen LogP contribution in [0.2, 0.25) is 0 Å². The lowest BCUT2D eigenvalue weighted by molar-refractivity contribution is 0.697. The molecule has 0 aliphatic heterocycles. The minimum atomic E-state index is 0.572. The van der Waals surface area contributed by atoms with Crippen LogP contribution in [0.5, 0.6) is 0 Å². The highest BCUT2D eigenvalue weighted by molar-refractivity contribution is 7.80. The Morgan fingerprint density at radius 2 is 2.08 bits per heavy atom. The molecular weight excluding hydrogens is 352 g/mol. The van der Waals surface area contributed by atoms with E-state index in [0.717, 1.165) is 34.9 Å². The molecule has 0 saturated heterocycles. The molecule has 3 aromatic rings. The summed E-state index contributed by atoms with van der Waals surface area (Å²) in [4.78, 5) is 18.0. The van der Waals surface area contributed by atoms with E-state index in [2.05, 4.69) is 37.5 Å². The van der Waals surface area contributed by atoms with Gasteiger partial charge in [-0.1, -0.05) is 19.8 Å². The van der Waals surface area contributed by atoms with E-state index in [-0.39, 0.29) is 0 Å². The van der Waals surface area contributed by atoms with E-state index in [1.807, 2.05) is 24.4 Å². The summed E-state index contributed by atoms with van der Waals surface area (Å²) in [5, 5.41) is 9.71. The van der Waals surface area contributed by atoms with Gasteiger partial charge in [-0.05, 0) is 37.7 Å². The first-order valence-corrected chi connectivity index (χ1v) is 9.55. The number of hydrogen-bond acceptors (Lipinski definition) is 6. The molecule has 3 aromatic heterocycles. The minimum absolute atomic E-state index is 0.572. The Labute approximate surface area is 156 Å². The van der Waals surface area contributed by atoms with Crippen molar-refractivity contribution in [2.24, 2.45) is 0 Å². The Morgan fingerprint density at radius 3 is 2.84 bits per heavy atom. The molecule has 25 heavy (non-hydrogen) atoms. The third-order valence-corrected chi connectivity index (χ3v) is 4.78. The van der Waals surface area contributed by atoms with Gasteiger partial charge in [-0.15, -0.1) is 11.3 Å². The maximum atomic E-state index is 5.31. The standard InChI is InChI=1S/C17H20N6S2/c1-3-4-5-8-18-17(24)23-14-7-6-12-15(22-14)21-13(9-19-12)16-20-11(2)10-25-16/h6-7,9-10H,3-5,8H2,1-2H3,(H2,18,21,22,23,24). The molecule has 0 radical (unpaired) electrons. The molecule has 0 spiro atoms. The number of nitrogens with zero attached hydrogens (tertiary/aromatic N) is 4. The first-order chi connectivity index (χ1) is 12.2. The van der Waals surface area contributed by atoms with E-state index < -0.39 is 0 Å². The molecule has 0 fully saturated rings. The van der Waals surface area contributed by atoms with Crippen LogP contribution in [0.4, 0.5) is 5.82 Å². The van der Waals surface area contributed by atoms with E-state index in [4.69, 9.17) is 12.2 Å². The number of thiazole rings is 1. The first-order valence-electron chi connectivity index (χ1n) is 8.27. The second-order valence-electron chi connectivity index (χ2n) is 5.68. The Balaban J connectivity index is 1.73. The lowest BCUT2D eigenvalue weighted by Gasteiger charge is -2.10. The zero-order valence-corrected chi connectivity index (χ0v) is 15.9. The number of rotatable bonds is 6. The fourth-order valence-corrected chi connectivity index (χ4v) is 3.24. The molecule has 0 saturated carbocycles. The normalized spacial score (nSPS) is 10.8. The number of hydrogen-bond donors (Lipinski definition) is 2. The van der Waals surface area contributed by atoms with Gasteiger partial charge in [-0.2, -0.15) is 0 Å². The second-order valence-corrected chi connectivity index (χ2v) is 6.94. The summed E-state index contributed by atoms with van der Waals surface area (Å²) >= 11 is 6.86. The number of fused-ring (bicyclic) bond motifs is 1. The molecule has 0 unspecified atom stereocenters. The summed E-state index contributed by atoms with van der Waals surface area (Å²) in [5.74, 6) is 0.655. The van der Waals surface area contributed by atoms with Crippen molar-refractivity contribution in [1.29, 1.82) is 0 Å². The summed E-state index contributed by atoms with van der Waals surface area (Å²) in [6.07, 6.45) is 5.22. The topological polar surface area (TPSA) is 75.6 Å². The zero-order valence-electron chi connectivity index (χ0n) is 14.2. The summed E-state index contributed by atoms with van der Waals surface area (Å²) < 4.78 is 0. The summed E-state index contributed by atoms with van der Waals surface area (Å²) in [6, 6.07) is 3.73. The van der Waals surface area contributed by atoms with Gasteiger partial charge in [0.15, 0.2) is 10.8 Å². The Kier molecular flexibility index (Phi) is 5.83. The highest BCUT2D eigenvalue weighted by Crippen LogP contribution is 2.22.